The minimum atomic E-state index is -0.498. The van der Waals surface area contributed by atoms with Crippen LogP contribution in [0.2, 0.25) is 0 Å². The number of nitrogens with zero attached hydrogens (tertiary/aromatic N) is 2. The van der Waals surface area contributed by atoms with Crippen LogP contribution < -0.4 is 20.2 Å². The SMILES string of the molecule is COc1cc(/C=N\NC(=S)NCc2ccccc2)c([N+](=O)[O-])cc1OCc1ccccc1. The first-order chi connectivity index (χ1) is 15.6. The Kier molecular flexibility index (Phi) is 8.10. The molecule has 0 spiro atoms. The van der Waals surface area contributed by atoms with Crippen LogP contribution in [0, 0.1) is 10.1 Å². The van der Waals surface area contributed by atoms with E-state index < -0.39 is 4.92 Å². The molecule has 3 aromatic carbocycles. The smallest absolute Gasteiger partial charge is 0.282 e. The number of nitro groups is 1. The van der Waals surface area contributed by atoms with Crippen LogP contribution in [-0.4, -0.2) is 23.4 Å². The van der Waals surface area contributed by atoms with Gasteiger partial charge in [-0.3, -0.25) is 15.5 Å². The number of ether oxygens (including phenoxy) is 2. The number of hydrogen-bond acceptors (Lipinski definition) is 6. The van der Waals surface area contributed by atoms with Gasteiger partial charge in [0.15, 0.2) is 16.6 Å². The lowest BCUT2D eigenvalue weighted by atomic mass is 10.1. The molecular weight excluding hydrogens is 428 g/mol. The lowest BCUT2D eigenvalue weighted by molar-refractivity contribution is -0.385. The Hall–Kier alpha value is -3.98. The van der Waals surface area contributed by atoms with E-state index in [0.29, 0.717) is 17.4 Å². The lowest BCUT2D eigenvalue weighted by Crippen LogP contribution is -2.31. The van der Waals surface area contributed by atoms with Gasteiger partial charge in [0.05, 0.1) is 29.9 Å². The van der Waals surface area contributed by atoms with Gasteiger partial charge in [-0.15, -0.1) is 0 Å². The second-order valence-electron chi connectivity index (χ2n) is 6.63. The number of benzene rings is 3. The maximum absolute atomic E-state index is 11.6. The van der Waals surface area contributed by atoms with Crippen molar-refractivity contribution in [3.05, 3.63) is 99.6 Å². The number of rotatable bonds is 9. The molecule has 0 aliphatic rings. The van der Waals surface area contributed by atoms with E-state index >= 15 is 0 Å². The summed E-state index contributed by atoms with van der Waals surface area (Å²) in [6.07, 6.45) is 1.32. The van der Waals surface area contributed by atoms with Gasteiger partial charge >= 0.3 is 0 Å². The minimum absolute atomic E-state index is 0.164. The van der Waals surface area contributed by atoms with Crippen LogP contribution >= 0.6 is 12.2 Å². The van der Waals surface area contributed by atoms with Gasteiger partial charge in [-0.25, -0.2) is 0 Å². The van der Waals surface area contributed by atoms with Gasteiger partial charge < -0.3 is 14.8 Å². The first-order valence-corrected chi connectivity index (χ1v) is 10.1. The van der Waals surface area contributed by atoms with E-state index in [4.69, 9.17) is 21.7 Å². The molecule has 164 valence electrons. The Labute approximate surface area is 191 Å². The Morgan fingerprint density at radius 2 is 1.72 bits per heavy atom. The predicted molar refractivity (Wildman–Crippen MR) is 127 cm³/mol. The largest absolute Gasteiger partial charge is 0.493 e. The van der Waals surface area contributed by atoms with Gasteiger partial charge in [0.25, 0.3) is 5.69 Å². The summed E-state index contributed by atoms with van der Waals surface area (Å²) in [6.45, 7) is 0.786. The Morgan fingerprint density at radius 1 is 1.06 bits per heavy atom. The van der Waals surface area contributed by atoms with Crippen LogP contribution in [0.1, 0.15) is 16.7 Å². The summed E-state index contributed by atoms with van der Waals surface area (Å²) in [5, 5.41) is 18.9. The third kappa shape index (κ3) is 6.51. The van der Waals surface area contributed by atoms with E-state index in [1.54, 1.807) is 0 Å². The predicted octanol–water partition coefficient (Wildman–Crippen LogP) is 4.18. The zero-order valence-electron chi connectivity index (χ0n) is 17.4. The van der Waals surface area contributed by atoms with Crippen LogP contribution in [0.5, 0.6) is 11.5 Å². The fourth-order valence-corrected chi connectivity index (χ4v) is 2.94. The molecule has 0 amide bonds. The first kappa shape index (κ1) is 22.7. The number of thiocarbonyl (C=S) groups is 1. The normalized spacial score (nSPS) is 10.5. The number of methoxy groups -OCH3 is 1. The van der Waals surface area contributed by atoms with Crippen LogP contribution in [0.15, 0.2) is 77.9 Å². The molecule has 0 aliphatic carbocycles. The molecule has 0 aromatic heterocycles. The molecule has 2 N–H and O–H groups in total. The lowest BCUT2D eigenvalue weighted by Gasteiger charge is -2.12. The van der Waals surface area contributed by atoms with Gasteiger partial charge in [-0.05, 0) is 29.4 Å². The van der Waals surface area contributed by atoms with E-state index in [0.717, 1.165) is 11.1 Å². The molecule has 0 saturated carbocycles. The molecule has 0 radical (unpaired) electrons. The molecule has 3 rings (SSSR count). The van der Waals surface area contributed by atoms with Crippen LogP contribution in [0.4, 0.5) is 5.69 Å². The summed E-state index contributed by atoms with van der Waals surface area (Å²) < 4.78 is 11.1. The average Bonchev–Trinajstić information content (AvgIpc) is 2.82. The molecule has 0 unspecified atom stereocenters. The van der Waals surface area contributed by atoms with Crippen molar-refractivity contribution in [1.29, 1.82) is 0 Å². The molecule has 0 atom stereocenters. The zero-order valence-corrected chi connectivity index (χ0v) is 18.2. The monoisotopic (exact) mass is 450 g/mol. The molecule has 0 heterocycles. The zero-order chi connectivity index (χ0) is 22.8. The van der Waals surface area contributed by atoms with E-state index in [-0.39, 0.29) is 23.6 Å². The Bertz CT molecular complexity index is 1090. The molecule has 3 aromatic rings. The van der Waals surface area contributed by atoms with Crippen molar-refractivity contribution in [3.63, 3.8) is 0 Å². The van der Waals surface area contributed by atoms with Gasteiger partial charge in [-0.1, -0.05) is 60.7 Å². The second kappa shape index (κ2) is 11.4. The summed E-state index contributed by atoms with van der Waals surface area (Å²) in [6, 6.07) is 22.1. The topological polar surface area (TPSA) is 98.0 Å². The Balaban J connectivity index is 1.68. The molecule has 32 heavy (non-hydrogen) atoms. The highest BCUT2D eigenvalue weighted by Gasteiger charge is 2.19. The van der Waals surface area contributed by atoms with Crippen LogP contribution in [0.3, 0.4) is 0 Å². The number of hydrogen-bond donors (Lipinski definition) is 2. The average molecular weight is 451 g/mol. The van der Waals surface area contributed by atoms with Gasteiger partial charge in [0, 0.05) is 6.54 Å². The molecule has 9 heteroatoms. The van der Waals surface area contributed by atoms with Crippen molar-refractivity contribution >= 4 is 29.2 Å². The van der Waals surface area contributed by atoms with Crippen molar-refractivity contribution in [1.82, 2.24) is 10.7 Å². The Morgan fingerprint density at radius 3 is 2.34 bits per heavy atom. The van der Waals surface area contributed by atoms with Crippen molar-refractivity contribution < 1.29 is 14.4 Å². The highest BCUT2D eigenvalue weighted by molar-refractivity contribution is 7.80. The number of nitro benzene ring substituents is 1. The quantitative estimate of drug-likeness (QED) is 0.218. The first-order valence-electron chi connectivity index (χ1n) is 9.71. The van der Waals surface area contributed by atoms with Crippen LogP contribution in [0.25, 0.3) is 0 Å². The highest BCUT2D eigenvalue weighted by Crippen LogP contribution is 2.34. The third-order valence-electron chi connectivity index (χ3n) is 4.41. The standard InChI is InChI=1S/C23H22N4O4S/c1-30-21-12-19(15-25-26-23(32)24-14-17-8-4-2-5-9-17)20(27(28)29)13-22(21)31-16-18-10-6-3-7-11-18/h2-13,15H,14,16H2,1H3,(H2,24,26,32)/b25-15-. The maximum atomic E-state index is 11.6. The summed E-state index contributed by atoms with van der Waals surface area (Å²) in [5.74, 6) is 0.631. The van der Waals surface area contributed by atoms with Crippen molar-refractivity contribution in [2.45, 2.75) is 13.2 Å². The molecule has 0 saturated heterocycles. The molecule has 0 fully saturated rings. The fraction of sp³-hybridized carbons (Fsp3) is 0.130. The molecular formula is C23H22N4O4S. The summed E-state index contributed by atoms with van der Waals surface area (Å²) >= 11 is 5.19. The third-order valence-corrected chi connectivity index (χ3v) is 4.65. The highest BCUT2D eigenvalue weighted by atomic mass is 32.1. The van der Waals surface area contributed by atoms with Crippen LogP contribution in [-0.2, 0) is 13.2 Å². The minimum Gasteiger partial charge on any atom is -0.493 e. The van der Waals surface area contributed by atoms with Crippen molar-refractivity contribution in [2.24, 2.45) is 5.10 Å². The van der Waals surface area contributed by atoms with Gasteiger partial charge in [0.2, 0.25) is 0 Å². The van der Waals surface area contributed by atoms with E-state index in [1.165, 1.54) is 25.5 Å². The maximum Gasteiger partial charge on any atom is 0.282 e. The van der Waals surface area contributed by atoms with E-state index in [1.807, 2.05) is 60.7 Å². The second-order valence-corrected chi connectivity index (χ2v) is 7.04. The van der Waals surface area contributed by atoms with E-state index in [2.05, 4.69) is 15.8 Å². The van der Waals surface area contributed by atoms with Gasteiger partial charge in [0.1, 0.15) is 6.61 Å². The molecule has 8 nitrogen and oxygen atoms in total. The van der Waals surface area contributed by atoms with Crippen molar-refractivity contribution in [3.8, 4) is 11.5 Å². The summed E-state index contributed by atoms with van der Waals surface area (Å²) in [4.78, 5) is 11.1. The number of nitrogens with one attached hydrogen (secondary N) is 2. The summed E-state index contributed by atoms with van der Waals surface area (Å²) in [7, 11) is 1.47. The van der Waals surface area contributed by atoms with Crippen molar-refractivity contribution in [2.75, 3.05) is 7.11 Å². The van der Waals surface area contributed by atoms with Gasteiger partial charge in [-0.2, -0.15) is 5.10 Å². The number of hydrazone groups is 1. The fourth-order valence-electron chi connectivity index (χ4n) is 2.81. The molecule has 0 aliphatic heterocycles. The molecule has 0 bridgehead atoms. The summed E-state index contributed by atoms with van der Waals surface area (Å²) in [5.41, 5.74) is 4.74. The van der Waals surface area contributed by atoms with E-state index in [9.17, 15) is 10.1 Å².